The molecule has 0 spiro atoms. The van der Waals surface area contributed by atoms with Crippen molar-refractivity contribution in [2.75, 3.05) is 19.0 Å². The molecule has 0 aliphatic rings. The smallest absolute Gasteiger partial charge is 0.227 e. The van der Waals surface area contributed by atoms with Crippen molar-refractivity contribution in [3.8, 4) is 11.6 Å². The fourth-order valence-corrected chi connectivity index (χ4v) is 1.85. The summed E-state index contributed by atoms with van der Waals surface area (Å²) in [6.45, 7) is 0.298. The number of carbonyl (C=O) groups excluding carboxylic acids is 1. The molecule has 6 heteroatoms. The average molecular weight is 301 g/mol. The second-order valence-electron chi connectivity index (χ2n) is 4.64. The highest BCUT2D eigenvalue weighted by Crippen LogP contribution is 2.22. The van der Waals surface area contributed by atoms with E-state index in [0.717, 1.165) is 0 Å². The Kier molecular flexibility index (Phi) is 5.88. The Morgan fingerprint density at radius 2 is 2.18 bits per heavy atom. The number of anilines is 1. The van der Waals surface area contributed by atoms with E-state index in [0.29, 0.717) is 23.9 Å². The molecular weight excluding hydrogens is 282 g/mol. The van der Waals surface area contributed by atoms with E-state index < -0.39 is 0 Å². The summed E-state index contributed by atoms with van der Waals surface area (Å²) in [5.41, 5.74) is 6.15. The number of amides is 1. The molecule has 1 amide bonds. The topological polar surface area (TPSA) is 86.5 Å². The fourth-order valence-electron chi connectivity index (χ4n) is 1.85. The van der Waals surface area contributed by atoms with Gasteiger partial charge in [0, 0.05) is 37.7 Å². The monoisotopic (exact) mass is 301 g/mol. The minimum absolute atomic E-state index is 0.160. The molecule has 1 aromatic heterocycles. The van der Waals surface area contributed by atoms with Gasteiger partial charge in [-0.1, -0.05) is 12.1 Å². The standard InChI is InChI=1S/C16H19N3O3/c1-21-14(11-17)10-15(20)19-12-5-4-6-13(9-12)22-16-7-2-3-8-18-16/h2-9,14H,10-11,17H2,1H3,(H,19,20). The first-order valence-electron chi connectivity index (χ1n) is 6.93. The number of carbonyl (C=O) groups is 1. The van der Waals surface area contributed by atoms with E-state index in [1.165, 1.54) is 7.11 Å². The Morgan fingerprint density at radius 1 is 1.32 bits per heavy atom. The number of nitrogens with zero attached hydrogens (tertiary/aromatic N) is 1. The Bertz CT molecular complexity index is 601. The van der Waals surface area contributed by atoms with Crippen LogP contribution >= 0.6 is 0 Å². The number of nitrogens with two attached hydrogens (primary N) is 1. The van der Waals surface area contributed by atoms with Gasteiger partial charge in [0.15, 0.2) is 0 Å². The molecule has 0 aliphatic heterocycles. The van der Waals surface area contributed by atoms with Gasteiger partial charge in [0.1, 0.15) is 5.75 Å². The minimum atomic E-state index is -0.284. The Balaban J connectivity index is 1.98. The summed E-state index contributed by atoms with van der Waals surface area (Å²) in [5, 5.41) is 2.79. The molecule has 0 saturated carbocycles. The summed E-state index contributed by atoms with van der Waals surface area (Å²) in [5.74, 6) is 0.930. The van der Waals surface area contributed by atoms with Crippen LogP contribution in [0.25, 0.3) is 0 Å². The fraction of sp³-hybridized carbons (Fsp3) is 0.250. The van der Waals surface area contributed by atoms with Gasteiger partial charge >= 0.3 is 0 Å². The zero-order chi connectivity index (χ0) is 15.8. The first kappa shape index (κ1) is 15.9. The Hall–Kier alpha value is -2.44. The second-order valence-corrected chi connectivity index (χ2v) is 4.64. The largest absolute Gasteiger partial charge is 0.439 e. The van der Waals surface area contributed by atoms with Gasteiger partial charge in [-0.15, -0.1) is 0 Å². The normalized spacial score (nSPS) is 11.7. The maximum atomic E-state index is 11.9. The van der Waals surface area contributed by atoms with Crippen LogP contribution in [0.5, 0.6) is 11.6 Å². The number of nitrogens with one attached hydrogen (secondary N) is 1. The maximum Gasteiger partial charge on any atom is 0.227 e. The average Bonchev–Trinajstić information content (AvgIpc) is 2.54. The third-order valence-corrected chi connectivity index (χ3v) is 2.99. The summed E-state index contributed by atoms with van der Waals surface area (Å²) in [6, 6.07) is 12.5. The summed E-state index contributed by atoms with van der Waals surface area (Å²) < 4.78 is 10.7. The van der Waals surface area contributed by atoms with Crippen LogP contribution in [0.1, 0.15) is 6.42 Å². The minimum Gasteiger partial charge on any atom is -0.439 e. The van der Waals surface area contributed by atoms with Gasteiger partial charge < -0.3 is 20.5 Å². The van der Waals surface area contributed by atoms with Gasteiger partial charge in [0.2, 0.25) is 11.8 Å². The predicted molar refractivity (Wildman–Crippen MR) is 83.9 cm³/mol. The van der Waals surface area contributed by atoms with Crippen LogP contribution in [0.2, 0.25) is 0 Å². The number of aromatic nitrogens is 1. The van der Waals surface area contributed by atoms with Gasteiger partial charge in [-0.05, 0) is 18.2 Å². The number of hydrogen-bond acceptors (Lipinski definition) is 5. The summed E-state index contributed by atoms with van der Waals surface area (Å²) >= 11 is 0. The summed E-state index contributed by atoms with van der Waals surface area (Å²) in [4.78, 5) is 16.0. The number of hydrogen-bond donors (Lipinski definition) is 2. The highest BCUT2D eigenvalue weighted by atomic mass is 16.5. The molecule has 2 rings (SSSR count). The van der Waals surface area contributed by atoms with Gasteiger partial charge in [0.25, 0.3) is 0 Å². The van der Waals surface area contributed by atoms with Crippen molar-refractivity contribution in [2.45, 2.75) is 12.5 Å². The molecule has 0 radical (unpaired) electrons. The lowest BCUT2D eigenvalue weighted by molar-refractivity contribution is -0.118. The van der Waals surface area contributed by atoms with Crippen molar-refractivity contribution in [1.29, 1.82) is 0 Å². The molecule has 2 aromatic rings. The Morgan fingerprint density at radius 3 is 2.86 bits per heavy atom. The van der Waals surface area contributed by atoms with E-state index in [-0.39, 0.29) is 18.4 Å². The van der Waals surface area contributed by atoms with E-state index in [1.807, 2.05) is 12.1 Å². The molecule has 0 saturated heterocycles. The van der Waals surface area contributed by atoms with Gasteiger partial charge in [-0.2, -0.15) is 0 Å². The lowest BCUT2D eigenvalue weighted by Gasteiger charge is -2.13. The van der Waals surface area contributed by atoms with Crippen LogP contribution in [0.3, 0.4) is 0 Å². The number of benzene rings is 1. The van der Waals surface area contributed by atoms with E-state index in [4.69, 9.17) is 15.2 Å². The van der Waals surface area contributed by atoms with E-state index in [1.54, 1.807) is 36.5 Å². The lowest BCUT2D eigenvalue weighted by atomic mass is 10.2. The molecule has 0 aliphatic carbocycles. The zero-order valence-corrected chi connectivity index (χ0v) is 12.4. The molecule has 1 unspecified atom stereocenters. The predicted octanol–water partition coefficient (Wildman–Crippen LogP) is 2.18. The number of pyridine rings is 1. The third-order valence-electron chi connectivity index (χ3n) is 2.99. The summed E-state index contributed by atoms with van der Waals surface area (Å²) in [6.07, 6.45) is 1.57. The first-order chi connectivity index (χ1) is 10.7. The maximum absolute atomic E-state index is 11.9. The quantitative estimate of drug-likeness (QED) is 0.818. The van der Waals surface area contributed by atoms with E-state index in [9.17, 15) is 4.79 Å². The van der Waals surface area contributed by atoms with Crippen LogP contribution in [0.15, 0.2) is 48.7 Å². The van der Waals surface area contributed by atoms with E-state index in [2.05, 4.69) is 10.3 Å². The van der Waals surface area contributed by atoms with Crippen LogP contribution in [0, 0.1) is 0 Å². The number of methoxy groups -OCH3 is 1. The van der Waals surface area contributed by atoms with Crippen LogP contribution in [-0.2, 0) is 9.53 Å². The SMILES string of the molecule is COC(CN)CC(=O)Nc1cccc(Oc2ccccn2)c1. The van der Waals surface area contributed by atoms with Crippen molar-refractivity contribution in [3.05, 3.63) is 48.7 Å². The van der Waals surface area contributed by atoms with Crippen molar-refractivity contribution < 1.29 is 14.3 Å². The number of rotatable bonds is 7. The second kappa shape index (κ2) is 8.11. The van der Waals surface area contributed by atoms with Crippen molar-refractivity contribution in [3.63, 3.8) is 0 Å². The molecule has 3 N–H and O–H groups in total. The van der Waals surface area contributed by atoms with Gasteiger partial charge in [-0.3, -0.25) is 4.79 Å². The molecular formula is C16H19N3O3. The van der Waals surface area contributed by atoms with Gasteiger partial charge in [0.05, 0.1) is 12.5 Å². The van der Waals surface area contributed by atoms with Crippen LogP contribution in [-0.4, -0.2) is 30.6 Å². The number of ether oxygens (including phenoxy) is 2. The van der Waals surface area contributed by atoms with Crippen molar-refractivity contribution >= 4 is 11.6 Å². The van der Waals surface area contributed by atoms with Crippen molar-refractivity contribution in [1.82, 2.24) is 4.98 Å². The lowest BCUT2D eigenvalue weighted by Crippen LogP contribution is -2.28. The molecule has 1 aromatic carbocycles. The summed E-state index contributed by atoms with van der Waals surface area (Å²) in [7, 11) is 1.53. The van der Waals surface area contributed by atoms with Crippen molar-refractivity contribution in [2.24, 2.45) is 5.73 Å². The first-order valence-corrected chi connectivity index (χ1v) is 6.93. The molecule has 1 atom stereocenters. The van der Waals surface area contributed by atoms with E-state index >= 15 is 0 Å². The van der Waals surface area contributed by atoms with Gasteiger partial charge in [-0.25, -0.2) is 4.98 Å². The molecule has 0 fully saturated rings. The molecule has 22 heavy (non-hydrogen) atoms. The molecule has 6 nitrogen and oxygen atoms in total. The van der Waals surface area contributed by atoms with Crippen LogP contribution in [0.4, 0.5) is 5.69 Å². The molecule has 1 heterocycles. The highest BCUT2D eigenvalue weighted by molar-refractivity contribution is 5.91. The highest BCUT2D eigenvalue weighted by Gasteiger charge is 2.11. The van der Waals surface area contributed by atoms with Crippen LogP contribution < -0.4 is 15.8 Å². The molecule has 0 bridgehead atoms. The zero-order valence-electron chi connectivity index (χ0n) is 12.4. The third kappa shape index (κ3) is 4.83. The molecule has 116 valence electrons. The Labute approximate surface area is 129 Å².